The van der Waals surface area contributed by atoms with Gasteiger partial charge in [0, 0.05) is 29.5 Å². The number of phenols is 2. The van der Waals surface area contributed by atoms with Crippen molar-refractivity contribution in [3.8, 4) is 17.2 Å². The Balaban J connectivity index is 1.96. The molecule has 0 spiro atoms. The predicted molar refractivity (Wildman–Crippen MR) is 97.2 cm³/mol. The van der Waals surface area contributed by atoms with Crippen molar-refractivity contribution in [2.45, 2.75) is 31.3 Å². The first-order valence-corrected chi connectivity index (χ1v) is 8.97. The third-order valence-electron chi connectivity index (χ3n) is 5.74. The third kappa shape index (κ3) is 2.43. The van der Waals surface area contributed by atoms with Gasteiger partial charge in [-0.05, 0) is 18.9 Å². The number of carbonyl (C=O) groups is 2. The summed E-state index contributed by atoms with van der Waals surface area (Å²) in [4.78, 5) is 26.2. The van der Waals surface area contributed by atoms with Crippen LogP contribution in [0.2, 0.25) is 0 Å². The second-order valence-corrected chi connectivity index (χ2v) is 7.29. The largest absolute Gasteiger partial charge is 0.507 e. The van der Waals surface area contributed by atoms with Crippen molar-refractivity contribution >= 4 is 11.6 Å². The van der Waals surface area contributed by atoms with Gasteiger partial charge in [0.1, 0.15) is 17.2 Å². The van der Waals surface area contributed by atoms with Gasteiger partial charge in [0.15, 0.2) is 5.78 Å². The van der Waals surface area contributed by atoms with Crippen LogP contribution in [0.4, 0.5) is 4.39 Å². The maximum Gasteiger partial charge on any atom is 0.202 e. The number of hydrogen-bond donors (Lipinski definition) is 3. The second kappa shape index (κ2) is 6.31. The molecule has 0 amide bonds. The summed E-state index contributed by atoms with van der Waals surface area (Å²) in [6.45, 7) is -0.728. The number of ether oxygens (including phenoxy) is 1. The Hall–Kier alpha value is -2.93. The van der Waals surface area contributed by atoms with Gasteiger partial charge in [-0.3, -0.25) is 14.0 Å². The molecule has 1 atom stereocenters. The number of benzene rings is 2. The normalized spacial score (nSPS) is 20.4. The van der Waals surface area contributed by atoms with Crippen LogP contribution in [-0.4, -0.2) is 46.3 Å². The van der Waals surface area contributed by atoms with Gasteiger partial charge in [-0.15, -0.1) is 0 Å². The molecule has 0 radical (unpaired) electrons. The molecule has 0 saturated heterocycles. The summed E-state index contributed by atoms with van der Waals surface area (Å²) in [6.07, 6.45) is 0.110. The Bertz CT molecular complexity index is 1030. The molecule has 0 saturated carbocycles. The van der Waals surface area contributed by atoms with Crippen LogP contribution in [-0.2, 0) is 12.8 Å². The first kappa shape index (κ1) is 18.4. The fourth-order valence-corrected chi connectivity index (χ4v) is 4.28. The van der Waals surface area contributed by atoms with E-state index in [1.807, 2.05) is 0 Å². The fraction of sp³-hybridized carbons (Fsp3) is 0.333. The molecule has 6 nitrogen and oxygen atoms in total. The van der Waals surface area contributed by atoms with Crippen molar-refractivity contribution in [2.24, 2.45) is 0 Å². The number of alkyl halides is 1. The number of aliphatic hydroxyl groups is 1. The first-order chi connectivity index (χ1) is 13.3. The van der Waals surface area contributed by atoms with Gasteiger partial charge in [0.2, 0.25) is 5.78 Å². The van der Waals surface area contributed by atoms with Gasteiger partial charge in [-0.2, -0.15) is 0 Å². The van der Waals surface area contributed by atoms with Gasteiger partial charge in [-0.1, -0.05) is 12.1 Å². The van der Waals surface area contributed by atoms with Crippen LogP contribution in [0.15, 0.2) is 18.2 Å². The lowest BCUT2D eigenvalue weighted by Gasteiger charge is -2.35. The zero-order chi connectivity index (χ0) is 20.2. The van der Waals surface area contributed by atoms with Crippen LogP contribution >= 0.6 is 0 Å². The monoisotopic (exact) mass is 386 g/mol. The van der Waals surface area contributed by atoms with E-state index in [1.54, 1.807) is 12.1 Å². The molecule has 1 unspecified atom stereocenters. The molecule has 0 aromatic heterocycles. The molecule has 0 fully saturated rings. The highest BCUT2D eigenvalue weighted by Crippen LogP contribution is 2.48. The van der Waals surface area contributed by atoms with E-state index in [2.05, 4.69) is 0 Å². The number of phenolic OH excluding ortho intramolecular Hbond substituents is 2. The summed E-state index contributed by atoms with van der Waals surface area (Å²) in [5.41, 5.74) is -1.31. The highest BCUT2D eigenvalue weighted by Gasteiger charge is 2.42. The molecule has 0 heterocycles. The summed E-state index contributed by atoms with van der Waals surface area (Å²) < 4.78 is 18.0. The summed E-state index contributed by atoms with van der Waals surface area (Å²) in [7, 11) is 1.37. The van der Waals surface area contributed by atoms with Crippen molar-refractivity contribution in [3.63, 3.8) is 0 Å². The SMILES string of the molecule is COc1cccc2c1C(=O)c1c(O)c3c(c(O)c1C2=O)CC(O)(CCF)CC3. The third-order valence-corrected chi connectivity index (χ3v) is 5.74. The standard InChI is InChI=1S/C21H19FO6/c1-28-13-4-2-3-11-14(13)20(26)16-15(18(11)24)19(25)12-9-21(27,7-8-22)6-5-10(12)17(16)23/h2-4,23,25,27H,5-9H2,1H3. The average Bonchev–Trinajstić information content (AvgIpc) is 2.68. The van der Waals surface area contributed by atoms with E-state index in [-0.39, 0.29) is 65.0 Å². The minimum absolute atomic E-state index is 0.0434. The lowest BCUT2D eigenvalue weighted by atomic mass is 9.73. The van der Waals surface area contributed by atoms with Crippen molar-refractivity contribution in [2.75, 3.05) is 13.8 Å². The summed E-state index contributed by atoms with van der Waals surface area (Å²) >= 11 is 0. The Morgan fingerprint density at radius 1 is 1.07 bits per heavy atom. The van der Waals surface area contributed by atoms with Crippen LogP contribution in [0.25, 0.3) is 0 Å². The molecular weight excluding hydrogens is 367 g/mol. The van der Waals surface area contributed by atoms with E-state index in [4.69, 9.17) is 4.74 Å². The number of rotatable bonds is 3. The van der Waals surface area contributed by atoms with E-state index in [0.29, 0.717) is 5.56 Å². The van der Waals surface area contributed by atoms with Gasteiger partial charge in [0.25, 0.3) is 0 Å². The molecule has 2 aromatic rings. The Labute approximate surface area is 160 Å². The minimum atomic E-state index is -1.37. The lowest BCUT2D eigenvalue weighted by Crippen LogP contribution is -2.37. The maximum atomic E-state index is 13.1. The molecule has 2 aromatic carbocycles. The van der Waals surface area contributed by atoms with Crippen LogP contribution in [0.1, 0.15) is 55.8 Å². The smallest absolute Gasteiger partial charge is 0.202 e. The molecular formula is C21H19FO6. The second-order valence-electron chi connectivity index (χ2n) is 7.29. The number of halogens is 1. The molecule has 2 aliphatic carbocycles. The lowest BCUT2D eigenvalue weighted by molar-refractivity contribution is 0.0113. The topological polar surface area (TPSA) is 104 Å². The highest BCUT2D eigenvalue weighted by molar-refractivity contribution is 6.31. The average molecular weight is 386 g/mol. The van der Waals surface area contributed by atoms with Crippen molar-refractivity contribution in [1.29, 1.82) is 0 Å². The molecule has 28 heavy (non-hydrogen) atoms. The maximum absolute atomic E-state index is 13.1. The first-order valence-electron chi connectivity index (χ1n) is 8.97. The van der Waals surface area contributed by atoms with Crippen molar-refractivity contribution < 1.29 is 34.0 Å². The summed E-state index contributed by atoms with van der Waals surface area (Å²) in [5, 5.41) is 32.2. The fourth-order valence-electron chi connectivity index (χ4n) is 4.28. The number of carbonyl (C=O) groups excluding carboxylic acids is 2. The molecule has 0 bridgehead atoms. The number of aromatic hydroxyl groups is 2. The molecule has 4 rings (SSSR count). The molecule has 3 N–H and O–H groups in total. The number of ketones is 2. The predicted octanol–water partition coefficient (Wildman–Crippen LogP) is 2.46. The molecule has 2 aliphatic rings. The summed E-state index contributed by atoms with van der Waals surface area (Å²) in [6, 6.07) is 4.56. The van der Waals surface area contributed by atoms with Crippen LogP contribution in [0.5, 0.6) is 17.2 Å². The quantitative estimate of drug-likeness (QED) is 0.598. The Morgan fingerprint density at radius 2 is 1.75 bits per heavy atom. The zero-order valence-corrected chi connectivity index (χ0v) is 15.2. The van der Waals surface area contributed by atoms with Gasteiger partial charge in [-0.25, -0.2) is 0 Å². The van der Waals surface area contributed by atoms with Crippen molar-refractivity contribution in [3.05, 3.63) is 51.6 Å². The highest BCUT2D eigenvalue weighted by atomic mass is 19.1. The van der Waals surface area contributed by atoms with E-state index >= 15 is 0 Å². The number of hydrogen-bond acceptors (Lipinski definition) is 6. The van der Waals surface area contributed by atoms with Gasteiger partial charge in [0.05, 0.1) is 36.1 Å². The minimum Gasteiger partial charge on any atom is -0.507 e. The Kier molecular flexibility index (Phi) is 4.15. The van der Waals surface area contributed by atoms with Gasteiger partial charge >= 0.3 is 0 Å². The zero-order valence-electron chi connectivity index (χ0n) is 15.2. The van der Waals surface area contributed by atoms with E-state index < -0.39 is 29.6 Å². The van der Waals surface area contributed by atoms with E-state index in [1.165, 1.54) is 13.2 Å². The van der Waals surface area contributed by atoms with Crippen LogP contribution in [0.3, 0.4) is 0 Å². The van der Waals surface area contributed by atoms with Crippen LogP contribution < -0.4 is 4.74 Å². The van der Waals surface area contributed by atoms with Crippen molar-refractivity contribution in [1.82, 2.24) is 0 Å². The summed E-state index contributed by atoms with van der Waals surface area (Å²) in [5.74, 6) is -1.83. The molecule has 146 valence electrons. The van der Waals surface area contributed by atoms with Gasteiger partial charge < -0.3 is 20.1 Å². The number of methoxy groups -OCH3 is 1. The van der Waals surface area contributed by atoms with E-state index in [0.717, 1.165) is 0 Å². The Morgan fingerprint density at radius 3 is 2.43 bits per heavy atom. The number of fused-ring (bicyclic) bond motifs is 3. The molecule has 7 heteroatoms. The van der Waals surface area contributed by atoms with Crippen LogP contribution in [0, 0.1) is 0 Å². The van der Waals surface area contributed by atoms with E-state index in [9.17, 15) is 29.3 Å². The molecule has 0 aliphatic heterocycles.